The maximum Gasteiger partial charge on any atom is 0.259 e. The lowest BCUT2D eigenvalue weighted by Gasteiger charge is -2.36. The molecule has 0 saturated carbocycles. The number of phenolic OH excluding ortho intramolecular Hbond substituents is 1. The molecule has 194 valence electrons. The molecular formula is C29H27ClN4O4. The van der Waals surface area contributed by atoms with Crippen LogP contribution in [0, 0.1) is 0 Å². The van der Waals surface area contributed by atoms with Gasteiger partial charge in [-0.3, -0.25) is 19.7 Å². The largest absolute Gasteiger partial charge is 0.508 e. The zero-order valence-electron chi connectivity index (χ0n) is 21.0. The molecule has 38 heavy (non-hydrogen) atoms. The normalized spacial score (nSPS) is 19.3. The number of carbonyl (C=O) groups is 3. The maximum absolute atomic E-state index is 13.2. The van der Waals surface area contributed by atoms with E-state index in [0.717, 1.165) is 5.52 Å². The number of amides is 3. The van der Waals surface area contributed by atoms with Gasteiger partial charge in [-0.05, 0) is 49.7 Å². The highest BCUT2D eigenvalue weighted by atomic mass is 35.5. The van der Waals surface area contributed by atoms with Gasteiger partial charge in [-0.1, -0.05) is 29.8 Å². The number of nitrogens with one attached hydrogen (secondary N) is 2. The summed E-state index contributed by atoms with van der Waals surface area (Å²) in [6, 6.07) is 14.4. The number of hydrogen-bond donors (Lipinski definition) is 3. The van der Waals surface area contributed by atoms with E-state index in [1.807, 2.05) is 27.7 Å². The molecule has 8 nitrogen and oxygen atoms in total. The van der Waals surface area contributed by atoms with E-state index in [4.69, 9.17) is 11.6 Å². The Morgan fingerprint density at radius 1 is 0.974 bits per heavy atom. The summed E-state index contributed by atoms with van der Waals surface area (Å²) in [6.07, 6.45) is 0.267. The Kier molecular flexibility index (Phi) is 5.89. The van der Waals surface area contributed by atoms with Crippen molar-refractivity contribution >= 4 is 51.1 Å². The number of halogens is 1. The molecule has 3 N–H and O–H groups in total. The number of aromatic hydroxyl groups is 1. The monoisotopic (exact) mass is 530 g/mol. The number of benzene rings is 3. The summed E-state index contributed by atoms with van der Waals surface area (Å²) in [6.45, 7) is 5.80. The summed E-state index contributed by atoms with van der Waals surface area (Å²) < 4.78 is 1.99. The zero-order chi connectivity index (χ0) is 26.7. The quantitative estimate of drug-likeness (QED) is 0.341. The molecule has 3 aromatic carbocycles. The summed E-state index contributed by atoms with van der Waals surface area (Å²) in [5, 5.41) is 17.9. The Hall–Kier alpha value is -3.88. The standard InChI is InChI=1S/C29H27ClN4O4/c1-15-13-33(14-16(2)31-15)24(36)9-10-34-22-8-7-17(35)11-20(22)25-23(34)12-19(18-5-3-4-6-21(18)30)26-27(25)29(38)32-28(26)37/h3-8,11-12,15-16,31,35H,9-10,13-14H2,1-2H3,(H,32,37,38)/t15-,16+. The molecule has 2 atom stereocenters. The summed E-state index contributed by atoms with van der Waals surface area (Å²) in [7, 11) is 0. The van der Waals surface area contributed by atoms with E-state index in [0.29, 0.717) is 52.1 Å². The number of aryl methyl sites for hydroxylation is 1. The van der Waals surface area contributed by atoms with Crippen LogP contribution < -0.4 is 10.6 Å². The van der Waals surface area contributed by atoms with Gasteiger partial charge in [0.15, 0.2) is 0 Å². The average Bonchev–Trinajstić information content (AvgIpc) is 3.34. The molecule has 0 aliphatic carbocycles. The van der Waals surface area contributed by atoms with E-state index in [-0.39, 0.29) is 41.3 Å². The summed E-state index contributed by atoms with van der Waals surface area (Å²) in [5.41, 5.74) is 3.16. The van der Waals surface area contributed by atoms with E-state index >= 15 is 0 Å². The topological polar surface area (TPSA) is 104 Å². The van der Waals surface area contributed by atoms with Crippen molar-refractivity contribution in [3.05, 3.63) is 64.7 Å². The number of aromatic nitrogens is 1. The van der Waals surface area contributed by atoms with Gasteiger partial charge in [-0.15, -0.1) is 0 Å². The van der Waals surface area contributed by atoms with Crippen LogP contribution in [0.4, 0.5) is 0 Å². The lowest BCUT2D eigenvalue weighted by molar-refractivity contribution is -0.133. The number of carbonyl (C=O) groups excluding carboxylic acids is 3. The van der Waals surface area contributed by atoms with Gasteiger partial charge >= 0.3 is 0 Å². The Balaban J connectivity index is 1.54. The number of piperazine rings is 1. The van der Waals surface area contributed by atoms with E-state index < -0.39 is 11.8 Å². The van der Waals surface area contributed by atoms with Crippen molar-refractivity contribution in [3.8, 4) is 16.9 Å². The highest BCUT2D eigenvalue weighted by Crippen LogP contribution is 2.42. The maximum atomic E-state index is 13.2. The first kappa shape index (κ1) is 24.5. The van der Waals surface area contributed by atoms with E-state index in [1.54, 1.807) is 30.3 Å². The third-order valence-electron chi connectivity index (χ3n) is 7.44. The fourth-order valence-electron chi connectivity index (χ4n) is 5.96. The number of phenols is 1. The number of hydrogen-bond acceptors (Lipinski definition) is 5. The molecular weight excluding hydrogens is 504 g/mol. The molecule has 0 bridgehead atoms. The van der Waals surface area contributed by atoms with Crippen LogP contribution >= 0.6 is 11.6 Å². The van der Waals surface area contributed by atoms with Gasteiger partial charge in [0.2, 0.25) is 5.91 Å². The first-order valence-electron chi connectivity index (χ1n) is 12.7. The van der Waals surface area contributed by atoms with Gasteiger partial charge in [0, 0.05) is 65.0 Å². The van der Waals surface area contributed by atoms with Crippen molar-refractivity contribution < 1.29 is 19.5 Å². The summed E-state index contributed by atoms with van der Waals surface area (Å²) >= 11 is 6.54. The first-order valence-corrected chi connectivity index (χ1v) is 13.1. The highest BCUT2D eigenvalue weighted by molar-refractivity contribution is 6.36. The second-order valence-electron chi connectivity index (χ2n) is 10.2. The number of fused-ring (bicyclic) bond motifs is 5. The Morgan fingerprint density at radius 3 is 2.42 bits per heavy atom. The number of nitrogens with zero attached hydrogens (tertiary/aromatic N) is 2. The van der Waals surface area contributed by atoms with Crippen LogP contribution in [0.15, 0.2) is 48.5 Å². The second kappa shape index (κ2) is 9.15. The number of rotatable bonds is 4. The zero-order valence-corrected chi connectivity index (χ0v) is 21.8. The molecule has 0 unspecified atom stereocenters. The SMILES string of the molecule is C[C@@H]1CN(C(=O)CCn2c3ccc(O)cc3c3c4c(c(-c5ccccc5Cl)cc32)C(=O)NC4=O)C[C@H](C)N1. The number of imide groups is 1. The Morgan fingerprint density at radius 2 is 1.68 bits per heavy atom. The predicted molar refractivity (Wildman–Crippen MR) is 147 cm³/mol. The van der Waals surface area contributed by atoms with Crippen molar-refractivity contribution in [2.24, 2.45) is 0 Å². The molecule has 1 fully saturated rings. The molecule has 3 amide bonds. The van der Waals surface area contributed by atoms with Crippen LogP contribution in [0.1, 0.15) is 41.0 Å². The van der Waals surface area contributed by atoms with Crippen LogP contribution in [0.2, 0.25) is 5.02 Å². The van der Waals surface area contributed by atoms with Crippen LogP contribution in [0.3, 0.4) is 0 Å². The Bertz CT molecular complexity index is 1650. The van der Waals surface area contributed by atoms with E-state index in [2.05, 4.69) is 24.5 Å². The van der Waals surface area contributed by atoms with Crippen LogP contribution in [0.5, 0.6) is 5.75 Å². The van der Waals surface area contributed by atoms with Crippen molar-refractivity contribution in [2.45, 2.75) is 38.9 Å². The van der Waals surface area contributed by atoms with Gasteiger partial charge < -0.3 is 19.9 Å². The van der Waals surface area contributed by atoms with Crippen LogP contribution in [-0.2, 0) is 11.3 Å². The van der Waals surface area contributed by atoms with E-state index in [1.165, 1.54) is 0 Å². The van der Waals surface area contributed by atoms with Crippen LogP contribution in [-0.4, -0.2) is 57.5 Å². The predicted octanol–water partition coefficient (Wildman–Crippen LogP) is 4.30. The van der Waals surface area contributed by atoms with Crippen LogP contribution in [0.25, 0.3) is 32.9 Å². The fraction of sp³-hybridized carbons (Fsp3) is 0.276. The summed E-state index contributed by atoms with van der Waals surface area (Å²) in [5.74, 6) is -0.879. The molecule has 0 spiro atoms. The summed E-state index contributed by atoms with van der Waals surface area (Å²) in [4.78, 5) is 41.3. The van der Waals surface area contributed by atoms with E-state index in [9.17, 15) is 19.5 Å². The van der Waals surface area contributed by atoms with Crippen molar-refractivity contribution in [3.63, 3.8) is 0 Å². The molecule has 2 aliphatic rings. The molecule has 0 radical (unpaired) electrons. The Labute approximate surface area is 224 Å². The third-order valence-corrected chi connectivity index (χ3v) is 7.77. The average molecular weight is 531 g/mol. The second-order valence-corrected chi connectivity index (χ2v) is 10.6. The molecule has 1 saturated heterocycles. The van der Waals surface area contributed by atoms with Gasteiger partial charge in [0.05, 0.1) is 16.6 Å². The minimum atomic E-state index is -0.494. The van der Waals surface area contributed by atoms with Gasteiger partial charge in [0.1, 0.15) is 5.75 Å². The molecule has 1 aromatic heterocycles. The lowest BCUT2D eigenvalue weighted by atomic mass is 9.93. The molecule has 2 aliphatic heterocycles. The van der Waals surface area contributed by atoms with Crippen molar-refractivity contribution in [2.75, 3.05) is 13.1 Å². The fourth-order valence-corrected chi connectivity index (χ4v) is 6.20. The molecule has 4 aromatic rings. The minimum absolute atomic E-state index is 0.0464. The van der Waals surface area contributed by atoms with Crippen molar-refractivity contribution in [1.82, 2.24) is 20.1 Å². The van der Waals surface area contributed by atoms with Gasteiger partial charge in [-0.2, -0.15) is 0 Å². The van der Waals surface area contributed by atoms with Gasteiger partial charge in [0.25, 0.3) is 11.8 Å². The van der Waals surface area contributed by atoms with Gasteiger partial charge in [-0.25, -0.2) is 0 Å². The smallest absolute Gasteiger partial charge is 0.259 e. The van der Waals surface area contributed by atoms with Crippen molar-refractivity contribution in [1.29, 1.82) is 0 Å². The lowest BCUT2D eigenvalue weighted by Crippen LogP contribution is -2.55. The first-order chi connectivity index (χ1) is 18.2. The highest BCUT2D eigenvalue weighted by Gasteiger charge is 2.35. The molecule has 3 heterocycles. The third kappa shape index (κ3) is 3.92. The minimum Gasteiger partial charge on any atom is -0.508 e. The molecule has 6 rings (SSSR count). The molecule has 9 heteroatoms.